The van der Waals surface area contributed by atoms with E-state index in [4.69, 9.17) is 4.74 Å². The van der Waals surface area contributed by atoms with E-state index in [0.29, 0.717) is 5.82 Å². The van der Waals surface area contributed by atoms with E-state index in [9.17, 15) is 22.7 Å². The number of cyclic esters (lactones) is 1. The van der Waals surface area contributed by atoms with Crippen LogP contribution in [0.4, 0.5) is 14.9 Å². The summed E-state index contributed by atoms with van der Waals surface area (Å²) in [7, 11) is -4.15. The summed E-state index contributed by atoms with van der Waals surface area (Å²) in [6.07, 6.45) is 0.849. The smallest absolute Gasteiger partial charge is 0.414 e. The highest BCUT2D eigenvalue weighted by molar-refractivity contribution is 7.92. The fourth-order valence-electron chi connectivity index (χ4n) is 3.19. The number of carbonyl (C=O) groups excluding carboxylic acids is 1. The molecule has 2 N–H and O–H groups in total. The molecule has 2 aromatic carbocycles. The Balaban J connectivity index is 1.55. The van der Waals surface area contributed by atoms with Crippen LogP contribution < -0.4 is 4.90 Å². The number of nitrogens with zero attached hydrogens (tertiary/aromatic N) is 2. The molecule has 10 heteroatoms. The van der Waals surface area contributed by atoms with E-state index in [1.807, 2.05) is 0 Å². The molecule has 1 saturated heterocycles. The molecule has 2 heterocycles. The van der Waals surface area contributed by atoms with E-state index in [-0.39, 0.29) is 22.7 Å². The molecule has 1 aliphatic heterocycles. The van der Waals surface area contributed by atoms with E-state index < -0.39 is 33.3 Å². The number of imidazole rings is 1. The average molecular weight is 431 g/mol. The fourth-order valence-corrected chi connectivity index (χ4v) is 4.52. The number of rotatable bonds is 5. The summed E-state index contributed by atoms with van der Waals surface area (Å²) in [5.41, 5.74) is -0.701. The van der Waals surface area contributed by atoms with E-state index in [2.05, 4.69) is 9.97 Å². The van der Waals surface area contributed by atoms with Gasteiger partial charge in [-0.05, 0) is 37.3 Å². The first-order valence-corrected chi connectivity index (χ1v) is 10.6. The highest BCUT2D eigenvalue weighted by Gasteiger charge is 2.43. The van der Waals surface area contributed by atoms with Crippen LogP contribution >= 0.6 is 0 Å². The second-order valence-corrected chi connectivity index (χ2v) is 8.93. The van der Waals surface area contributed by atoms with Crippen molar-refractivity contribution in [1.82, 2.24) is 9.97 Å². The van der Waals surface area contributed by atoms with Gasteiger partial charge in [-0.2, -0.15) is 0 Å². The van der Waals surface area contributed by atoms with Crippen molar-refractivity contribution in [2.75, 3.05) is 11.4 Å². The van der Waals surface area contributed by atoms with Crippen molar-refractivity contribution < 1.29 is 27.4 Å². The molecule has 1 unspecified atom stereocenters. The molecule has 3 aromatic rings. The van der Waals surface area contributed by atoms with Gasteiger partial charge in [-0.25, -0.2) is 22.6 Å². The molecule has 1 fully saturated rings. The number of H-pyrrole nitrogens is 1. The van der Waals surface area contributed by atoms with Crippen molar-refractivity contribution in [2.24, 2.45) is 0 Å². The molecular formula is C20H18FN3O5S. The van der Waals surface area contributed by atoms with Gasteiger partial charge in [0, 0.05) is 12.4 Å². The molecule has 0 radical (unpaired) electrons. The largest absolute Gasteiger partial charge is 0.440 e. The molecule has 8 nitrogen and oxygen atoms in total. The fraction of sp³-hybridized carbons (Fsp3) is 0.200. The van der Waals surface area contributed by atoms with Crippen LogP contribution in [-0.2, 0) is 14.6 Å². The molecule has 0 aliphatic carbocycles. The van der Waals surface area contributed by atoms with Crippen LogP contribution in [0.15, 0.2) is 59.8 Å². The van der Waals surface area contributed by atoms with Gasteiger partial charge in [0.25, 0.3) is 0 Å². The van der Waals surface area contributed by atoms with Gasteiger partial charge < -0.3 is 14.8 Å². The molecule has 0 saturated carbocycles. The van der Waals surface area contributed by atoms with Crippen LogP contribution in [0.1, 0.15) is 5.56 Å². The van der Waals surface area contributed by atoms with Crippen molar-refractivity contribution in [3.05, 3.63) is 66.2 Å². The zero-order chi connectivity index (χ0) is 21.5. The number of ether oxygens (including phenoxy) is 1. The number of sulfone groups is 1. The van der Waals surface area contributed by atoms with Crippen molar-refractivity contribution in [2.45, 2.75) is 23.4 Å². The van der Waals surface area contributed by atoms with Gasteiger partial charge in [-0.15, -0.1) is 0 Å². The van der Waals surface area contributed by atoms with Gasteiger partial charge in [-0.3, -0.25) is 4.90 Å². The minimum Gasteiger partial charge on any atom is -0.440 e. The molecule has 1 aliphatic rings. The normalized spacial score (nSPS) is 17.8. The number of aromatic amines is 1. The second kappa shape index (κ2) is 7.54. The zero-order valence-corrected chi connectivity index (χ0v) is 16.6. The summed E-state index contributed by atoms with van der Waals surface area (Å²) < 4.78 is 45.0. The summed E-state index contributed by atoms with van der Waals surface area (Å²) in [5, 5.41) is 10.4. The van der Waals surface area contributed by atoms with Crippen molar-refractivity contribution in [3.8, 4) is 11.4 Å². The van der Waals surface area contributed by atoms with E-state index >= 15 is 0 Å². The number of hydrogen-bond acceptors (Lipinski definition) is 6. The number of benzene rings is 2. The summed E-state index contributed by atoms with van der Waals surface area (Å²) >= 11 is 0. The Hall–Kier alpha value is -3.24. The molecule has 1 amide bonds. The third-order valence-corrected chi connectivity index (χ3v) is 6.71. The van der Waals surface area contributed by atoms with E-state index in [1.54, 1.807) is 25.3 Å². The number of hydrogen-bond donors (Lipinski definition) is 2. The Labute approximate surface area is 171 Å². The number of aromatic nitrogens is 2. The Bertz CT molecular complexity index is 1180. The number of anilines is 1. The summed E-state index contributed by atoms with van der Waals surface area (Å²) in [6.45, 7) is 1.56. The summed E-state index contributed by atoms with van der Waals surface area (Å²) in [6, 6.07) is 10.0. The quantitative estimate of drug-likeness (QED) is 0.642. The van der Waals surface area contributed by atoms with Gasteiger partial charge >= 0.3 is 6.09 Å². The highest BCUT2D eigenvalue weighted by atomic mass is 32.2. The lowest BCUT2D eigenvalue weighted by Gasteiger charge is -2.17. The van der Waals surface area contributed by atoms with Gasteiger partial charge in [-0.1, -0.05) is 17.7 Å². The van der Waals surface area contributed by atoms with Crippen LogP contribution in [0, 0.1) is 12.7 Å². The molecule has 30 heavy (non-hydrogen) atoms. The lowest BCUT2D eigenvalue weighted by atomic mass is 10.1. The lowest BCUT2D eigenvalue weighted by molar-refractivity contribution is 0.0747. The zero-order valence-electron chi connectivity index (χ0n) is 15.8. The maximum atomic E-state index is 14.5. The topological polar surface area (TPSA) is 113 Å². The number of halogens is 1. The highest BCUT2D eigenvalue weighted by Crippen LogP contribution is 2.30. The van der Waals surface area contributed by atoms with Crippen molar-refractivity contribution >= 4 is 21.6 Å². The number of carbonyl (C=O) groups is 1. The minimum atomic E-state index is -4.15. The minimum absolute atomic E-state index is 0.0797. The predicted octanol–water partition coefficient (Wildman–Crippen LogP) is 2.64. The predicted molar refractivity (Wildman–Crippen MR) is 106 cm³/mol. The van der Waals surface area contributed by atoms with Crippen molar-refractivity contribution in [1.29, 1.82) is 0 Å². The van der Waals surface area contributed by atoms with E-state index in [0.717, 1.165) is 16.5 Å². The van der Waals surface area contributed by atoms with Gasteiger partial charge in [0.1, 0.15) is 11.6 Å². The summed E-state index contributed by atoms with van der Waals surface area (Å²) in [5.74, 6) is -0.285. The number of amides is 1. The van der Waals surface area contributed by atoms with Crippen LogP contribution in [0.2, 0.25) is 0 Å². The first-order chi connectivity index (χ1) is 14.3. The maximum Gasteiger partial charge on any atom is 0.414 e. The molecule has 0 bridgehead atoms. The number of aliphatic hydroxyl groups excluding tert-OH is 1. The van der Waals surface area contributed by atoms with Gasteiger partial charge in [0.15, 0.2) is 11.5 Å². The number of aliphatic hydroxyl groups is 1. The average Bonchev–Trinajstić information content (AvgIpc) is 3.37. The van der Waals surface area contributed by atoms with Crippen LogP contribution in [0.3, 0.4) is 0 Å². The lowest BCUT2D eigenvalue weighted by Crippen LogP contribution is -2.37. The second-order valence-electron chi connectivity index (χ2n) is 6.88. The van der Waals surface area contributed by atoms with Gasteiger partial charge in [0.05, 0.1) is 22.7 Å². The molecule has 2 atom stereocenters. The molecule has 1 aromatic heterocycles. The van der Waals surface area contributed by atoms with Crippen LogP contribution in [0.5, 0.6) is 0 Å². The Kier molecular flexibility index (Phi) is 5.04. The summed E-state index contributed by atoms with van der Waals surface area (Å²) in [4.78, 5) is 20.1. The molecule has 0 spiro atoms. The Morgan fingerprint density at radius 1 is 1.27 bits per heavy atom. The standard InChI is InChI=1S/C20H18FN3O5S/c1-12-2-5-14(6-3-12)30(27,28)19(25)17-11-24(20(26)29-17)13-4-7-15(16(21)10-13)18-22-8-9-23-18/h2-10,17,19,25H,11H2,1H3,(H,22,23)/t17-,19?/m1/s1. The third kappa shape index (κ3) is 3.55. The molecular weight excluding hydrogens is 413 g/mol. The monoisotopic (exact) mass is 431 g/mol. The molecule has 156 valence electrons. The van der Waals surface area contributed by atoms with Gasteiger partial charge in [0.2, 0.25) is 9.84 Å². The Morgan fingerprint density at radius 3 is 2.63 bits per heavy atom. The third-order valence-electron chi connectivity index (χ3n) is 4.84. The van der Waals surface area contributed by atoms with E-state index in [1.165, 1.54) is 30.5 Å². The van der Waals surface area contributed by atoms with Crippen LogP contribution in [0.25, 0.3) is 11.4 Å². The molecule has 4 rings (SSSR count). The number of aryl methyl sites for hydroxylation is 1. The first-order valence-electron chi connectivity index (χ1n) is 9.03. The Morgan fingerprint density at radius 2 is 2.00 bits per heavy atom. The number of nitrogens with one attached hydrogen (secondary N) is 1. The van der Waals surface area contributed by atoms with Crippen LogP contribution in [-0.4, -0.2) is 47.7 Å². The maximum absolute atomic E-state index is 14.5. The SMILES string of the molecule is Cc1ccc(S(=O)(=O)C(O)[C@H]2CN(c3ccc(-c4ncc[nH]4)c(F)c3)C(=O)O2)cc1. The van der Waals surface area contributed by atoms with Crippen molar-refractivity contribution in [3.63, 3.8) is 0 Å². The first kappa shape index (κ1) is 20.0.